The number of anilines is 2. The van der Waals surface area contributed by atoms with Crippen molar-refractivity contribution in [1.29, 1.82) is 0 Å². The van der Waals surface area contributed by atoms with Gasteiger partial charge in [-0.15, -0.1) is 0 Å². The van der Waals surface area contributed by atoms with Gasteiger partial charge in [0.15, 0.2) is 0 Å². The first-order valence-corrected chi connectivity index (χ1v) is 6.02. The first-order chi connectivity index (χ1) is 8.26. The van der Waals surface area contributed by atoms with Crippen LogP contribution in [-0.4, -0.2) is 26.9 Å². The molecule has 0 fully saturated rings. The third-order valence-corrected chi connectivity index (χ3v) is 2.34. The van der Waals surface area contributed by atoms with E-state index in [4.69, 9.17) is 15.2 Å². The number of nitrogens with one attached hydrogen (secondary N) is 1. The van der Waals surface area contributed by atoms with Gasteiger partial charge in [0.05, 0.1) is 6.61 Å². The smallest absolute Gasteiger partial charge is 0.123 e. The number of hydrogen-bond acceptors (Lipinski definition) is 4. The third-order valence-electron chi connectivity index (χ3n) is 2.34. The molecule has 0 heterocycles. The second-order valence-corrected chi connectivity index (χ2v) is 3.85. The van der Waals surface area contributed by atoms with E-state index < -0.39 is 0 Å². The summed E-state index contributed by atoms with van der Waals surface area (Å²) < 4.78 is 10.4. The van der Waals surface area contributed by atoms with Crippen molar-refractivity contribution in [2.75, 3.05) is 37.9 Å². The highest BCUT2D eigenvalue weighted by Crippen LogP contribution is 2.22. The van der Waals surface area contributed by atoms with E-state index in [1.165, 1.54) is 0 Å². The molecule has 0 unspecified atom stereocenters. The first kappa shape index (κ1) is 13.6. The fourth-order valence-corrected chi connectivity index (χ4v) is 1.58. The minimum atomic E-state index is 0.650. The average Bonchev–Trinajstić information content (AvgIpc) is 2.28. The van der Waals surface area contributed by atoms with Crippen molar-refractivity contribution in [3.63, 3.8) is 0 Å². The molecular weight excluding hydrogens is 216 g/mol. The number of hydrogen-bond donors (Lipinski definition) is 2. The highest BCUT2D eigenvalue weighted by Gasteiger charge is 1.99. The lowest BCUT2D eigenvalue weighted by Crippen LogP contribution is -2.04. The Morgan fingerprint density at radius 2 is 2.06 bits per heavy atom. The molecule has 0 atom stereocenters. The fraction of sp³-hybridized carbons (Fsp3) is 0.538. The van der Waals surface area contributed by atoms with Gasteiger partial charge in [0.2, 0.25) is 0 Å². The summed E-state index contributed by atoms with van der Waals surface area (Å²) in [4.78, 5) is 0. The Bertz CT molecular complexity index is 329. The fourth-order valence-electron chi connectivity index (χ4n) is 1.58. The molecule has 0 amide bonds. The molecule has 0 spiro atoms. The van der Waals surface area contributed by atoms with Crippen molar-refractivity contribution in [2.45, 2.75) is 19.8 Å². The van der Waals surface area contributed by atoms with E-state index in [-0.39, 0.29) is 0 Å². The third kappa shape index (κ3) is 5.45. The maximum atomic E-state index is 5.80. The molecule has 0 saturated carbocycles. The maximum absolute atomic E-state index is 5.80. The number of methoxy groups -OCH3 is 1. The largest absolute Gasteiger partial charge is 0.494 e. The molecule has 0 aromatic heterocycles. The molecule has 0 saturated heterocycles. The lowest BCUT2D eigenvalue weighted by molar-refractivity contribution is 0.194. The lowest BCUT2D eigenvalue weighted by atomic mass is 10.2. The average molecular weight is 238 g/mol. The zero-order chi connectivity index (χ0) is 12.5. The molecule has 0 bridgehead atoms. The molecule has 0 aliphatic rings. The van der Waals surface area contributed by atoms with Crippen LogP contribution in [0.25, 0.3) is 0 Å². The van der Waals surface area contributed by atoms with Gasteiger partial charge < -0.3 is 20.5 Å². The van der Waals surface area contributed by atoms with Crippen LogP contribution in [0.1, 0.15) is 19.8 Å². The second kappa shape index (κ2) is 7.79. The Balaban J connectivity index is 2.41. The quantitative estimate of drug-likeness (QED) is 0.539. The van der Waals surface area contributed by atoms with Gasteiger partial charge in [-0.25, -0.2) is 0 Å². The van der Waals surface area contributed by atoms with E-state index in [1.807, 2.05) is 25.1 Å². The number of nitrogens with two attached hydrogens (primary N) is 1. The Morgan fingerprint density at radius 1 is 1.24 bits per heavy atom. The summed E-state index contributed by atoms with van der Waals surface area (Å²) in [5, 5.41) is 3.33. The molecule has 1 aromatic rings. The van der Waals surface area contributed by atoms with E-state index in [0.29, 0.717) is 6.61 Å². The van der Waals surface area contributed by atoms with Crippen molar-refractivity contribution in [3.05, 3.63) is 18.2 Å². The maximum Gasteiger partial charge on any atom is 0.123 e. The number of unbranched alkanes of at least 4 members (excludes halogenated alkanes) is 1. The second-order valence-electron chi connectivity index (χ2n) is 3.85. The summed E-state index contributed by atoms with van der Waals surface area (Å²) >= 11 is 0. The number of nitrogen functional groups attached to an aromatic ring is 1. The van der Waals surface area contributed by atoms with E-state index in [0.717, 1.165) is 43.1 Å². The van der Waals surface area contributed by atoms with Gasteiger partial charge in [-0.3, -0.25) is 0 Å². The van der Waals surface area contributed by atoms with Crippen molar-refractivity contribution in [1.82, 2.24) is 0 Å². The van der Waals surface area contributed by atoms with Gasteiger partial charge in [-0.2, -0.15) is 0 Å². The minimum absolute atomic E-state index is 0.650. The SMILES string of the molecule is CCOc1cc(N)cc(NCCCCOC)c1. The normalized spacial score (nSPS) is 10.2. The van der Waals surface area contributed by atoms with E-state index >= 15 is 0 Å². The molecular formula is C13H22N2O2. The molecule has 17 heavy (non-hydrogen) atoms. The molecule has 3 N–H and O–H groups in total. The summed E-state index contributed by atoms with van der Waals surface area (Å²) in [6, 6.07) is 5.72. The summed E-state index contributed by atoms with van der Waals surface area (Å²) in [6.07, 6.45) is 2.14. The Kier molecular flexibility index (Phi) is 6.25. The highest BCUT2D eigenvalue weighted by molar-refractivity contribution is 5.59. The van der Waals surface area contributed by atoms with Gasteiger partial charge in [0, 0.05) is 43.8 Å². The van der Waals surface area contributed by atoms with Gasteiger partial charge in [-0.1, -0.05) is 0 Å². The summed E-state index contributed by atoms with van der Waals surface area (Å²) in [5.74, 6) is 0.812. The van der Waals surface area contributed by atoms with Crippen LogP contribution in [0.5, 0.6) is 5.75 Å². The van der Waals surface area contributed by atoms with Gasteiger partial charge >= 0.3 is 0 Å². The van der Waals surface area contributed by atoms with Crippen LogP contribution < -0.4 is 15.8 Å². The summed E-state index contributed by atoms with van der Waals surface area (Å²) in [5.41, 5.74) is 7.52. The highest BCUT2D eigenvalue weighted by atomic mass is 16.5. The monoisotopic (exact) mass is 238 g/mol. The Labute approximate surface area is 103 Å². The molecule has 4 heteroatoms. The molecule has 1 aromatic carbocycles. The number of benzene rings is 1. The zero-order valence-electron chi connectivity index (χ0n) is 10.7. The van der Waals surface area contributed by atoms with E-state index in [2.05, 4.69) is 5.32 Å². The zero-order valence-corrected chi connectivity index (χ0v) is 10.7. The van der Waals surface area contributed by atoms with Crippen LogP contribution in [0.4, 0.5) is 11.4 Å². The van der Waals surface area contributed by atoms with E-state index in [9.17, 15) is 0 Å². The van der Waals surface area contributed by atoms with E-state index in [1.54, 1.807) is 7.11 Å². The Hall–Kier alpha value is -1.42. The van der Waals surface area contributed by atoms with Gasteiger partial charge in [0.25, 0.3) is 0 Å². The predicted molar refractivity (Wildman–Crippen MR) is 71.6 cm³/mol. The molecule has 0 aliphatic heterocycles. The van der Waals surface area contributed by atoms with Crippen LogP contribution in [0.3, 0.4) is 0 Å². The topological polar surface area (TPSA) is 56.5 Å². The van der Waals surface area contributed by atoms with Gasteiger partial charge in [0.1, 0.15) is 5.75 Å². The summed E-state index contributed by atoms with van der Waals surface area (Å²) in [7, 11) is 1.72. The molecule has 96 valence electrons. The van der Waals surface area contributed by atoms with Crippen molar-refractivity contribution in [3.8, 4) is 5.75 Å². The number of ether oxygens (including phenoxy) is 2. The lowest BCUT2D eigenvalue weighted by Gasteiger charge is -2.10. The minimum Gasteiger partial charge on any atom is -0.494 e. The Morgan fingerprint density at radius 3 is 2.76 bits per heavy atom. The van der Waals surface area contributed by atoms with Crippen LogP contribution in [0.15, 0.2) is 18.2 Å². The standard InChI is InChI=1S/C13H22N2O2/c1-3-17-13-9-11(14)8-12(10-13)15-6-4-5-7-16-2/h8-10,15H,3-7,14H2,1-2H3. The molecule has 4 nitrogen and oxygen atoms in total. The van der Waals surface area contributed by atoms with Crippen LogP contribution in [-0.2, 0) is 4.74 Å². The molecule has 0 radical (unpaired) electrons. The predicted octanol–water partition coefficient (Wildman–Crippen LogP) is 2.51. The number of rotatable bonds is 8. The van der Waals surface area contributed by atoms with Crippen LogP contribution in [0, 0.1) is 0 Å². The summed E-state index contributed by atoms with van der Waals surface area (Å²) in [6.45, 7) is 4.33. The first-order valence-electron chi connectivity index (χ1n) is 6.02. The van der Waals surface area contributed by atoms with Crippen molar-refractivity contribution in [2.24, 2.45) is 0 Å². The molecule has 0 aliphatic carbocycles. The van der Waals surface area contributed by atoms with Crippen LogP contribution >= 0.6 is 0 Å². The molecule has 1 rings (SSSR count). The van der Waals surface area contributed by atoms with Gasteiger partial charge in [-0.05, 0) is 25.8 Å². The van der Waals surface area contributed by atoms with Crippen molar-refractivity contribution < 1.29 is 9.47 Å². The van der Waals surface area contributed by atoms with Crippen molar-refractivity contribution >= 4 is 11.4 Å². The van der Waals surface area contributed by atoms with Crippen LogP contribution in [0.2, 0.25) is 0 Å².